The highest BCUT2D eigenvalue weighted by atomic mass is 16.6. The minimum absolute atomic E-state index is 0.123. The molecule has 0 unspecified atom stereocenters. The first kappa shape index (κ1) is 8.49. The lowest BCUT2D eigenvalue weighted by Crippen LogP contribution is -2.19. The van der Waals surface area contributed by atoms with Gasteiger partial charge in [-0.3, -0.25) is 0 Å². The van der Waals surface area contributed by atoms with Crippen LogP contribution in [0.3, 0.4) is 0 Å². The van der Waals surface area contributed by atoms with Crippen LogP contribution in [0, 0.1) is 5.92 Å². The first-order valence-electron chi connectivity index (χ1n) is 5.61. The minimum Gasteiger partial charge on any atom is -0.364 e. The van der Waals surface area contributed by atoms with Crippen molar-refractivity contribution in [2.75, 3.05) is 6.61 Å². The van der Waals surface area contributed by atoms with Gasteiger partial charge in [0.2, 0.25) is 0 Å². The number of rotatable bonds is 2. The predicted octanol–water partition coefficient (Wildman–Crippen LogP) is 3.10. The maximum atomic E-state index is 5.77. The van der Waals surface area contributed by atoms with Crippen LogP contribution in [-0.2, 0) is 10.3 Å². The van der Waals surface area contributed by atoms with Crippen molar-refractivity contribution >= 4 is 0 Å². The largest absolute Gasteiger partial charge is 0.364 e. The van der Waals surface area contributed by atoms with Crippen LogP contribution in [0.25, 0.3) is 0 Å². The molecule has 14 heavy (non-hydrogen) atoms. The Morgan fingerprint density at radius 3 is 2.29 bits per heavy atom. The second-order valence-electron chi connectivity index (χ2n) is 4.53. The van der Waals surface area contributed by atoms with E-state index in [1.54, 1.807) is 0 Å². The molecule has 1 saturated carbocycles. The fourth-order valence-corrected chi connectivity index (χ4v) is 2.83. The topological polar surface area (TPSA) is 12.5 Å². The van der Waals surface area contributed by atoms with E-state index in [1.165, 1.54) is 31.2 Å². The van der Waals surface area contributed by atoms with E-state index in [4.69, 9.17) is 4.74 Å². The quantitative estimate of drug-likeness (QED) is 0.650. The van der Waals surface area contributed by atoms with Crippen LogP contribution in [-0.4, -0.2) is 6.61 Å². The van der Waals surface area contributed by atoms with Gasteiger partial charge in [0.05, 0.1) is 6.61 Å². The average Bonchev–Trinajstić information content (AvgIpc) is 2.88. The smallest absolute Gasteiger partial charge is 0.119 e. The Kier molecular flexibility index (Phi) is 1.88. The van der Waals surface area contributed by atoms with Gasteiger partial charge >= 0.3 is 0 Å². The van der Waals surface area contributed by atoms with Gasteiger partial charge in [0.25, 0.3) is 0 Å². The molecule has 1 aromatic rings. The first-order chi connectivity index (χ1) is 6.92. The molecule has 0 radical (unpaired) electrons. The van der Waals surface area contributed by atoms with Crippen LogP contribution in [0.2, 0.25) is 0 Å². The van der Waals surface area contributed by atoms with Crippen molar-refractivity contribution in [1.82, 2.24) is 0 Å². The van der Waals surface area contributed by atoms with Gasteiger partial charge in [-0.2, -0.15) is 0 Å². The molecule has 1 aliphatic carbocycles. The Morgan fingerprint density at radius 1 is 1.07 bits per heavy atom. The van der Waals surface area contributed by atoms with Crippen LogP contribution in [0.1, 0.15) is 31.2 Å². The normalized spacial score (nSPS) is 32.0. The summed E-state index contributed by atoms with van der Waals surface area (Å²) in [6.45, 7) is 0.946. The lowest BCUT2D eigenvalue weighted by atomic mass is 9.85. The third-order valence-corrected chi connectivity index (χ3v) is 3.73. The van der Waals surface area contributed by atoms with E-state index in [0.717, 1.165) is 12.5 Å². The fraction of sp³-hybridized carbons (Fsp3) is 0.538. The average molecular weight is 188 g/mol. The summed E-state index contributed by atoms with van der Waals surface area (Å²) < 4.78 is 5.77. The molecule has 1 aromatic carbocycles. The molecular weight excluding hydrogens is 172 g/mol. The first-order valence-corrected chi connectivity index (χ1v) is 5.61. The molecule has 1 heteroatoms. The fourth-order valence-electron chi connectivity index (χ4n) is 2.83. The second kappa shape index (κ2) is 3.09. The zero-order valence-electron chi connectivity index (χ0n) is 8.41. The van der Waals surface area contributed by atoms with Gasteiger partial charge in [0.1, 0.15) is 5.60 Å². The van der Waals surface area contributed by atoms with Crippen molar-refractivity contribution in [2.24, 2.45) is 5.92 Å². The van der Waals surface area contributed by atoms with Crippen molar-refractivity contribution in [3.8, 4) is 0 Å². The van der Waals surface area contributed by atoms with Crippen molar-refractivity contribution < 1.29 is 4.74 Å². The van der Waals surface area contributed by atoms with Gasteiger partial charge in [0.15, 0.2) is 0 Å². The molecule has 2 fully saturated rings. The van der Waals surface area contributed by atoms with Gasteiger partial charge in [-0.1, -0.05) is 43.2 Å². The summed E-state index contributed by atoms with van der Waals surface area (Å²) in [6, 6.07) is 10.7. The molecule has 2 aliphatic rings. The Hall–Kier alpha value is -0.820. The molecule has 0 amide bonds. The second-order valence-corrected chi connectivity index (χ2v) is 4.53. The van der Waals surface area contributed by atoms with Crippen LogP contribution >= 0.6 is 0 Å². The van der Waals surface area contributed by atoms with Crippen LogP contribution in [0.5, 0.6) is 0 Å². The SMILES string of the molecule is c1ccc([C@@]2(C3CCCC3)CO2)cc1. The summed E-state index contributed by atoms with van der Waals surface area (Å²) in [5.74, 6) is 0.782. The molecule has 0 spiro atoms. The summed E-state index contributed by atoms with van der Waals surface area (Å²) in [4.78, 5) is 0. The molecule has 1 saturated heterocycles. The van der Waals surface area contributed by atoms with Gasteiger partial charge in [-0.15, -0.1) is 0 Å². The van der Waals surface area contributed by atoms with E-state index in [0.29, 0.717) is 0 Å². The number of hydrogen-bond acceptors (Lipinski definition) is 1. The summed E-state index contributed by atoms with van der Waals surface area (Å²) in [5, 5.41) is 0. The van der Waals surface area contributed by atoms with E-state index in [1.807, 2.05) is 0 Å². The van der Waals surface area contributed by atoms with Gasteiger partial charge < -0.3 is 4.74 Å². The minimum atomic E-state index is 0.123. The summed E-state index contributed by atoms with van der Waals surface area (Å²) >= 11 is 0. The lowest BCUT2D eigenvalue weighted by Gasteiger charge is -2.19. The highest BCUT2D eigenvalue weighted by molar-refractivity contribution is 5.28. The maximum absolute atomic E-state index is 5.77. The molecule has 1 nitrogen and oxygen atoms in total. The molecule has 1 atom stereocenters. The molecule has 0 aromatic heterocycles. The lowest BCUT2D eigenvalue weighted by molar-refractivity contribution is 0.220. The number of benzene rings is 1. The zero-order chi connectivity index (χ0) is 9.43. The molecule has 0 bridgehead atoms. The Morgan fingerprint density at radius 2 is 1.71 bits per heavy atom. The van der Waals surface area contributed by atoms with Crippen molar-refractivity contribution in [3.63, 3.8) is 0 Å². The Labute approximate surface area is 85.1 Å². The van der Waals surface area contributed by atoms with Gasteiger partial charge in [-0.05, 0) is 24.3 Å². The van der Waals surface area contributed by atoms with Crippen molar-refractivity contribution in [3.05, 3.63) is 35.9 Å². The third-order valence-electron chi connectivity index (χ3n) is 3.73. The van der Waals surface area contributed by atoms with Crippen LogP contribution in [0.15, 0.2) is 30.3 Å². The third kappa shape index (κ3) is 1.19. The highest BCUT2D eigenvalue weighted by Gasteiger charge is 2.53. The van der Waals surface area contributed by atoms with Gasteiger partial charge in [-0.25, -0.2) is 0 Å². The van der Waals surface area contributed by atoms with E-state index in [9.17, 15) is 0 Å². The van der Waals surface area contributed by atoms with E-state index in [-0.39, 0.29) is 5.60 Å². The number of epoxide rings is 1. The molecule has 3 rings (SSSR count). The Balaban J connectivity index is 1.89. The molecule has 74 valence electrons. The zero-order valence-corrected chi connectivity index (χ0v) is 8.41. The molecular formula is C13H16O. The predicted molar refractivity (Wildman–Crippen MR) is 56.0 cm³/mol. The monoisotopic (exact) mass is 188 g/mol. The highest BCUT2D eigenvalue weighted by Crippen LogP contribution is 2.51. The van der Waals surface area contributed by atoms with Crippen LogP contribution < -0.4 is 0 Å². The number of hydrogen-bond donors (Lipinski definition) is 0. The summed E-state index contributed by atoms with van der Waals surface area (Å²) in [7, 11) is 0. The molecule has 0 N–H and O–H groups in total. The summed E-state index contributed by atoms with van der Waals surface area (Å²) in [6.07, 6.45) is 5.50. The molecule has 1 heterocycles. The van der Waals surface area contributed by atoms with Crippen molar-refractivity contribution in [1.29, 1.82) is 0 Å². The van der Waals surface area contributed by atoms with Gasteiger partial charge in [0, 0.05) is 0 Å². The summed E-state index contributed by atoms with van der Waals surface area (Å²) in [5.41, 5.74) is 1.52. The Bertz CT molecular complexity index is 307. The number of ether oxygens (including phenoxy) is 1. The molecule has 1 aliphatic heterocycles. The van der Waals surface area contributed by atoms with E-state index in [2.05, 4.69) is 30.3 Å². The standard InChI is InChI=1S/C13H16O/c1-2-6-11(7-3-1)13(10-14-13)12-8-4-5-9-12/h1-3,6-7,12H,4-5,8-10H2/t13-/m1/s1. The van der Waals surface area contributed by atoms with E-state index >= 15 is 0 Å². The maximum Gasteiger partial charge on any atom is 0.119 e. The van der Waals surface area contributed by atoms with E-state index < -0.39 is 0 Å². The van der Waals surface area contributed by atoms with Crippen molar-refractivity contribution in [2.45, 2.75) is 31.3 Å². The van der Waals surface area contributed by atoms with Crippen LogP contribution in [0.4, 0.5) is 0 Å².